The highest BCUT2D eigenvalue weighted by atomic mass is 35.5. The van der Waals surface area contributed by atoms with E-state index in [1.165, 1.54) is 25.0 Å². The summed E-state index contributed by atoms with van der Waals surface area (Å²) in [4.78, 5) is 27.4. The molecular weight excluding hydrogens is 544 g/mol. The van der Waals surface area contributed by atoms with E-state index in [1.807, 2.05) is 41.1 Å². The van der Waals surface area contributed by atoms with E-state index in [4.69, 9.17) is 22.4 Å². The first-order chi connectivity index (χ1) is 19.3. The molecule has 0 saturated carbocycles. The number of amides is 1. The number of aromatic nitrogens is 4. The van der Waals surface area contributed by atoms with Gasteiger partial charge in [0.15, 0.2) is 5.65 Å². The Labute approximate surface area is 241 Å². The van der Waals surface area contributed by atoms with Crippen LogP contribution in [0.25, 0.3) is 34.1 Å². The number of carbonyl (C=O) groups excluding carboxylic acids is 1. The summed E-state index contributed by atoms with van der Waals surface area (Å²) in [6.07, 6.45) is 4.51. The molecule has 11 heteroatoms. The lowest BCUT2D eigenvalue weighted by Crippen LogP contribution is -2.28. The van der Waals surface area contributed by atoms with Gasteiger partial charge in [0.25, 0.3) is 0 Å². The monoisotopic (exact) mass is 572 g/mol. The van der Waals surface area contributed by atoms with Crippen LogP contribution in [-0.2, 0) is 11.3 Å². The van der Waals surface area contributed by atoms with Crippen LogP contribution in [0, 0.1) is 0 Å². The standard InChI is InChI=1S/C29H29ClN8OS/c1-5-11-37-17(2)25-19(7-6-8-22(25)30)12-21(37)14-38-29-26(28(31)33-15-34-29)27(36-38)20-9-10-23(32-4)24(13-20)40-16-35-18(3)39/h6-10,12-13,15H,2,4-5,11,14,16H2,1,3H3,(H,35,39)(H2,31,33,34). The maximum absolute atomic E-state index is 11.4. The van der Waals surface area contributed by atoms with Crippen molar-refractivity contribution in [3.63, 3.8) is 0 Å². The molecule has 2 aromatic carbocycles. The molecule has 0 atom stereocenters. The summed E-state index contributed by atoms with van der Waals surface area (Å²) in [5.74, 6) is 0.640. The van der Waals surface area contributed by atoms with Crippen LogP contribution in [0.2, 0.25) is 5.02 Å². The number of nitrogens with one attached hydrogen (secondary N) is 1. The van der Waals surface area contributed by atoms with Gasteiger partial charge in [-0.05, 0) is 43.0 Å². The molecule has 5 rings (SSSR count). The van der Waals surface area contributed by atoms with Gasteiger partial charge in [0.1, 0.15) is 17.8 Å². The van der Waals surface area contributed by atoms with Crippen LogP contribution in [0.5, 0.6) is 0 Å². The van der Waals surface area contributed by atoms with Crippen molar-refractivity contribution in [1.82, 2.24) is 30.0 Å². The Bertz CT molecular complexity index is 1680. The maximum atomic E-state index is 11.4. The number of carbonyl (C=O) groups is 1. The van der Waals surface area contributed by atoms with Crippen LogP contribution in [-0.4, -0.2) is 49.7 Å². The van der Waals surface area contributed by atoms with Gasteiger partial charge >= 0.3 is 0 Å². The lowest BCUT2D eigenvalue weighted by Gasteiger charge is -2.34. The summed E-state index contributed by atoms with van der Waals surface area (Å²) in [7, 11) is 0. The van der Waals surface area contributed by atoms with Crippen molar-refractivity contribution < 1.29 is 4.79 Å². The average molecular weight is 573 g/mol. The molecule has 1 aliphatic rings. The van der Waals surface area contributed by atoms with Crippen LogP contribution in [0.4, 0.5) is 11.5 Å². The van der Waals surface area contributed by atoms with Gasteiger partial charge in [0, 0.05) is 40.9 Å². The third kappa shape index (κ3) is 5.20. The zero-order valence-electron chi connectivity index (χ0n) is 22.3. The van der Waals surface area contributed by atoms with Crippen molar-refractivity contribution in [2.75, 3.05) is 18.2 Å². The van der Waals surface area contributed by atoms with Gasteiger partial charge in [-0.15, -0.1) is 11.8 Å². The van der Waals surface area contributed by atoms with E-state index in [0.29, 0.717) is 45.7 Å². The molecule has 0 radical (unpaired) electrons. The highest BCUT2D eigenvalue weighted by Crippen LogP contribution is 2.39. The fourth-order valence-corrected chi connectivity index (χ4v) is 6.00. The fraction of sp³-hybridized carbons (Fsp3) is 0.207. The Balaban J connectivity index is 1.60. The number of hydrogen-bond acceptors (Lipinski definition) is 8. The van der Waals surface area contributed by atoms with Crippen molar-refractivity contribution in [1.29, 1.82) is 0 Å². The molecule has 3 N–H and O–H groups in total. The van der Waals surface area contributed by atoms with Crippen molar-refractivity contribution in [3.05, 3.63) is 71.2 Å². The minimum atomic E-state index is -0.104. The Morgan fingerprint density at radius 2 is 2.08 bits per heavy atom. The summed E-state index contributed by atoms with van der Waals surface area (Å²) >= 11 is 8.02. The Morgan fingerprint density at radius 3 is 2.83 bits per heavy atom. The minimum absolute atomic E-state index is 0.104. The predicted octanol–water partition coefficient (Wildman–Crippen LogP) is 5.98. The van der Waals surface area contributed by atoms with E-state index in [2.05, 4.69) is 51.5 Å². The summed E-state index contributed by atoms with van der Waals surface area (Å²) in [5.41, 5.74) is 13.0. The number of nitrogen functional groups attached to an aromatic ring is 1. The summed E-state index contributed by atoms with van der Waals surface area (Å²) in [6, 6.07) is 11.6. The van der Waals surface area contributed by atoms with Gasteiger partial charge in [0.2, 0.25) is 5.91 Å². The number of halogens is 1. The summed E-state index contributed by atoms with van der Waals surface area (Å²) in [6.45, 7) is 12.9. The first kappa shape index (κ1) is 27.4. The summed E-state index contributed by atoms with van der Waals surface area (Å²) < 4.78 is 1.85. The van der Waals surface area contributed by atoms with Gasteiger partial charge < -0.3 is 16.0 Å². The molecule has 1 amide bonds. The average Bonchev–Trinajstić information content (AvgIpc) is 3.30. The van der Waals surface area contributed by atoms with Gasteiger partial charge in [0.05, 0.1) is 28.5 Å². The predicted molar refractivity (Wildman–Crippen MR) is 164 cm³/mol. The molecule has 0 unspecified atom stereocenters. The molecule has 0 fully saturated rings. The second-order valence-electron chi connectivity index (χ2n) is 9.26. The molecule has 0 saturated heterocycles. The van der Waals surface area contributed by atoms with Crippen molar-refractivity contribution in [3.8, 4) is 11.3 Å². The van der Waals surface area contributed by atoms with E-state index < -0.39 is 0 Å². The van der Waals surface area contributed by atoms with Gasteiger partial charge in [-0.1, -0.05) is 43.3 Å². The molecule has 0 spiro atoms. The van der Waals surface area contributed by atoms with E-state index in [9.17, 15) is 4.79 Å². The quantitative estimate of drug-likeness (QED) is 0.144. The fourth-order valence-electron chi connectivity index (χ4n) is 4.78. The number of nitrogens with two attached hydrogens (primary N) is 1. The molecule has 3 heterocycles. The van der Waals surface area contributed by atoms with E-state index in [1.54, 1.807) is 0 Å². The van der Waals surface area contributed by atoms with Gasteiger partial charge in [-0.3, -0.25) is 9.79 Å². The third-order valence-corrected chi connectivity index (χ3v) is 7.84. The van der Waals surface area contributed by atoms with Crippen molar-refractivity contribution in [2.24, 2.45) is 4.99 Å². The van der Waals surface area contributed by atoms with Crippen LogP contribution in [0.3, 0.4) is 0 Å². The van der Waals surface area contributed by atoms with Gasteiger partial charge in [-0.25, -0.2) is 14.6 Å². The Kier molecular flexibility index (Phi) is 7.90. The minimum Gasteiger partial charge on any atom is -0.383 e. The summed E-state index contributed by atoms with van der Waals surface area (Å²) in [5, 5.41) is 9.14. The number of benzene rings is 2. The molecule has 1 aliphatic heterocycles. The zero-order chi connectivity index (χ0) is 28.4. The molecule has 0 bridgehead atoms. The highest BCUT2D eigenvalue weighted by molar-refractivity contribution is 7.99. The molecule has 4 aromatic rings. The second kappa shape index (κ2) is 11.5. The molecule has 0 aliphatic carbocycles. The van der Waals surface area contributed by atoms with Crippen LogP contribution in [0.15, 0.2) is 64.9 Å². The molecule has 204 valence electrons. The molecular formula is C29H29ClN8OS. The smallest absolute Gasteiger partial charge is 0.217 e. The molecule has 2 aromatic heterocycles. The Morgan fingerprint density at radius 1 is 1.25 bits per heavy atom. The number of anilines is 1. The van der Waals surface area contributed by atoms with E-state index in [0.717, 1.165) is 45.9 Å². The van der Waals surface area contributed by atoms with Crippen LogP contribution in [0.1, 0.15) is 31.4 Å². The molecule has 40 heavy (non-hydrogen) atoms. The number of allylic oxidation sites excluding steroid dienone is 1. The van der Waals surface area contributed by atoms with E-state index >= 15 is 0 Å². The highest BCUT2D eigenvalue weighted by Gasteiger charge is 2.26. The number of fused-ring (bicyclic) bond motifs is 2. The topological polar surface area (TPSA) is 114 Å². The lowest BCUT2D eigenvalue weighted by molar-refractivity contribution is -0.118. The number of thioether (sulfide) groups is 1. The third-order valence-electron chi connectivity index (χ3n) is 6.60. The van der Waals surface area contributed by atoms with Crippen molar-refractivity contribution >= 4 is 70.3 Å². The first-order valence-corrected chi connectivity index (χ1v) is 14.1. The largest absolute Gasteiger partial charge is 0.383 e. The number of nitrogens with zero attached hydrogens (tertiary/aromatic N) is 6. The van der Waals surface area contributed by atoms with Gasteiger partial charge in [-0.2, -0.15) is 5.10 Å². The second-order valence-corrected chi connectivity index (χ2v) is 10.7. The van der Waals surface area contributed by atoms with E-state index in [-0.39, 0.29) is 5.91 Å². The SMILES string of the molecule is C=Nc1ccc(-c2nn(CC3=Cc4cccc(Cl)c4C(=C)N3CCC)c3ncnc(N)c23)cc1SCNC(C)=O. The lowest BCUT2D eigenvalue weighted by atomic mass is 9.98. The number of aliphatic imine (C=N–C) groups is 1. The Hall–Kier alpha value is -4.15. The number of rotatable bonds is 9. The maximum Gasteiger partial charge on any atom is 0.217 e. The van der Waals surface area contributed by atoms with Crippen LogP contribution < -0.4 is 11.1 Å². The molecule has 9 nitrogen and oxygen atoms in total. The zero-order valence-corrected chi connectivity index (χ0v) is 23.9. The van der Waals surface area contributed by atoms with Crippen molar-refractivity contribution in [2.45, 2.75) is 31.7 Å². The first-order valence-electron chi connectivity index (χ1n) is 12.7. The number of hydrogen-bond donors (Lipinski definition) is 2. The normalized spacial score (nSPS) is 12.8. The van der Waals surface area contributed by atoms with Crippen LogP contribution >= 0.6 is 23.4 Å².